The minimum atomic E-state index is -0.214. The monoisotopic (exact) mass is 246 g/mol. The van der Waals surface area contributed by atoms with Gasteiger partial charge in [-0.2, -0.15) is 0 Å². The Morgan fingerprint density at radius 2 is 2.00 bits per heavy atom. The molecule has 0 saturated carbocycles. The molecule has 0 aliphatic heterocycles. The summed E-state index contributed by atoms with van der Waals surface area (Å²) in [4.78, 5) is 11.0. The van der Waals surface area contributed by atoms with Crippen molar-refractivity contribution < 1.29 is 9.53 Å². The average molecular weight is 246 g/mol. The van der Waals surface area contributed by atoms with Crippen LogP contribution in [0.3, 0.4) is 0 Å². The first-order chi connectivity index (χ1) is 8.72. The molecule has 1 rings (SSSR count). The van der Waals surface area contributed by atoms with Gasteiger partial charge in [0.25, 0.3) is 0 Å². The fourth-order valence-corrected chi connectivity index (χ4v) is 1.79. The highest BCUT2D eigenvalue weighted by molar-refractivity contribution is 5.66. The smallest absolute Gasteiger partial charge is 0.303 e. The van der Waals surface area contributed by atoms with Gasteiger partial charge in [-0.05, 0) is 24.5 Å². The number of hydrogen-bond donors (Lipinski definition) is 0. The van der Waals surface area contributed by atoms with E-state index in [-0.39, 0.29) is 12.1 Å². The van der Waals surface area contributed by atoms with Gasteiger partial charge in [-0.25, -0.2) is 0 Å². The van der Waals surface area contributed by atoms with Crippen molar-refractivity contribution in [3.8, 4) is 0 Å². The maximum absolute atomic E-state index is 11.0. The Kier molecular flexibility index (Phi) is 6.85. The third kappa shape index (κ3) is 6.24. The van der Waals surface area contributed by atoms with E-state index in [1.54, 1.807) is 0 Å². The number of hydrogen-bond acceptors (Lipinski definition) is 2. The van der Waals surface area contributed by atoms with Crippen LogP contribution >= 0.6 is 0 Å². The molecule has 0 spiro atoms. The first kappa shape index (κ1) is 14.5. The van der Waals surface area contributed by atoms with E-state index < -0.39 is 0 Å². The van der Waals surface area contributed by atoms with Crippen molar-refractivity contribution in [3.05, 3.63) is 42.0 Å². The van der Waals surface area contributed by atoms with Crippen LogP contribution in [0.2, 0.25) is 0 Å². The first-order valence-corrected chi connectivity index (χ1v) is 6.63. The van der Waals surface area contributed by atoms with Crippen molar-refractivity contribution in [2.24, 2.45) is 0 Å². The summed E-state index contributed by atoms with van der Waals surface area (Å²) in [6.45, 7) is 3.63. The van der Waals surface area contributed by atoms with Gasteiger partial charge in [0, 0.05) is 6.92 Å². The molecule has 1 aromatic carbocycles. The van der Waals surface area contributed by atoms with Crippen molar-refractivity contribution in [2.75, 3.05) is 0 Å². The predicted octanol–water partition coefficient (Wildman–Crippen LogP) is 4.21. The van der Waals surface area contributed by atoms with Gasteiger partial charge in [0.1, 0.15) is 6.10 Å². The van der Waals surface area contributed by atoms with Crippen LogP contribution in [-0.4, -0.2) is 12.1 Å². The zero-order valence-electron chi connectivity index (χ0n) is 11.3. The quantitative estimate of drug-likeness (QED) is 0.532. The summed E-state index contributed by atoms with van der Waals surface area (Å²) in [6.07, 6.45) is 8.23. The first-order valence-electron chi connectivity index (χ1n) is 6.63. The molecule has 1 atom stereocenters. The lowest BCUT2D eigenvalue weighted by atomic mass is 10.1. The number of rotatable bonds is 7. The normalized spacial score (nSPS) is 12.6. The summed E-state index contributed by atoms with van der Waals surface area (Å²) in [6, 6.07) is 10.1. The second-order valence-electron chi connectivity index (χ2n) is 4.41. The van der Waals surface area contributed by atoms with E-state index in [1.807, 2.05) is 42.5 Å². The van der Waals surface area contributed by atoms with Crippen LogP contribution in [0.25, 0.3) is 6.08 Å². The van der Waals surface area contributed by atoms with Crippen LogP contribution in [0.1, 0.15) is 45.1 Å². The Morgan fingerprint density at radius 3 is 2.61 bits per heavy atom. The molecule has 0 bridgehead atoms. The molecule has 0 aliphatic carbocycles. The van der Waals surface area contributed by atoms with Gasteiger partial charge in [-0.3, -0.25) is 4.79 Å². The molecule has 1 aromatic rings. The van der Waals surface area contributed by atoms with Crippen molar-refractivity contribution in [1.82, 2.24) is 0 Å². The van der Waals surface area contributed by atoms with E-state index in [1.165, 1.54) is 19.8 Å². The third-order valence-corrected chi connectivity index (χ3v) is 2.71. The van der Waals surface area contributed by atoms with E-state index >= 15 is 0 Å². The summed E-state index contributed by atoms with van der Waals surface area (Å²) in [7, 11) is 0. The zero-order valence-corrected chi connectivity index (χ0v) is 11.3. The Labute approximate surface area is 110 Å². The molecule has 2 heteroatoms. The van der Waals surface area contributed by atoms with Gasteiger partial charge in [0.15, 0.2) is 0 Å². The molecular weight excluding hydrogens is 224 g/mol. The molecule has 0 saturated heterocycles. The molecule has 0 aliphatic rings. The van der Waals surface area contributed by atoms with Crippen LogP contribution in [0.15, 0.2) is 36.4 Å². The number of benzene rings is 1. The minimum Gasteiger partial charge on any atom is -0.458 e. The second-order valence-corrected chi connectivity index (χ2v) is 4.41. The van der Waals surface area contributed by atoms with Crippen LogP contribution < -0.4 is 0 Å². The van der Waals surface area contributed by atoms with Crippen LogP contribution in [0.5, 0.6) is 0 Å². The van der Waals surface area contributed by atoms with Gasteiger partial charge >= 0.3 is 5.97 Å². The molecule has 0 aromatic heterocycles. The van der Waals surface area contributed by atoms with E-state index in [9.17, 15) is 4.79 Å². The summed E-state index contributed by atoms with van der Waals surface area (Å²) < 4.78 is 5.29. The minimum absolute atomic E-state index is 0.103. The SMILES string of the molecule is CCCCCC(C=Cc1ccccc1)OC(C)=O. The number of carbonyl (C=O) groups is 1. The Hall–Kier alpha value is -1.57. The molecule has 98 valence electrons. The van der Waals surface area contributed by atoms with Crippen molar-refractivity contribution >= 4 is 12.0 Å². The van der Waals surface area contributed by atoms with Crippen molar-refractivity contribution in [2.45, 2.75) is 45.6 Å². The molecule has 18 heavy (non-hydrogen) atoms. The summed E-state index contributed by atoms with van der Waals surface area (Å²) in [5.74, 6) is -0.214. The highest BCUT2D eigenvalue weighted by Gasteiger charge is 2.07. The van der Waals surface area contributed by atoms with E-state index in [0.717, 1.165) is 18.4 Å². The lowest BCUT2D eigenvalue weighted by molar-refractivity contribution is -0.144. The number of esters is 1. The Balaban J connectivity index is 2.54. The van der Waals surface area contributed by atoms with Gasteiger partial charge in [0.2, 0.25) is 0 Å². The lowest BCUT2D eigenvalue weighted by Crippen LogP contribution is -2.13. The number of carbonyl (C=O) groups excluding carboxylic acids is 1. The topological polar surface area (TPSA) is 26.3 Å². The summed E-state index contributed by atoms with van der Waals surface area (Å²) in [5, 5.41) is 0. The summed E-state index contributed by atoms with van der Waals surface area (Å²) in [5.41, 5.74) is 1.13. The summed E-state index contributed by atoms with van der Waals surface area (Å²) >= 11 is 0. The van der Waals surface area contributed by atoms with Crippen LogP contribution in [0.4, 0.5) is 0 Å². The number of unbranched alkanes of at least 4 members (excludes halogenated alkanes) is 2. The molecule has 0 amide bonds. The predicted molar refractivity (Wildman–Crippen MR) is 75.2 cm³/mol. The second kappa shape index (κ2) is 8.51. The van der Waals surface area contributed by atoms with E-state index in [2.05, 4.69) is 6.92 Å². The van der Waals surface area contributed by atoms with E-state index in [0.29, 0.717) is 0 Å². The van der Waals surface area contributed by atoms with Gasteiger partial charge < -0.3 is 4.74 Å². The van der Waals surface area contributed by atoms with Gasteiger partial charge in [-0.15, -0.1) is 0 Å². The molecular formula is C16H22O2. The van der Waals surface area contributed by atoms with E-state index in [4.69, 9.17) is 4.74 Å². The highest BCUT2D eigenvalue weighted by Crippen LogP contribution is 2.11. The Bertz CT molecular complexity index is 368. The fraction of sp³-hybridized carbons (Fsp3) is 0.438. The maximum Gasteiger partial charge on any atom is 0.303 e. The lowest BCUT2D eigenvalue weighted by Gasteiger charge is -2.12. The van der Waals surface area contributed by atoms with Crippen LogP contribution in [0, 0.1) is 0 Å². The van der Waals surface area contributed by atoms with Crippen molar-refractivity contribution in [3.63, 3.8) is 0 Å². The average Bonchev–Trinajstić information content (AvgIpc) is 2.37. The fourth-order valence-electron chi connectivity index (χ4n) is 1.79. The zero-order chi connectivity index (χ0) is 13.2. The Morgan fingerprint density at radius 1 is 1.28 bits per heavy atom. The molecule has 2 nitrogen and oxygen atoms in total. The maximum atomic E-state index is 11.0. The van der Waals surface area contributed by atoms with Crippen LogP contribution in [-0.2, 0) is 9.53 Å². The van der Waals surface area contributed by atoms with Crippen molar-refractivity contribution in [1.29, 1.82) is 0 Å². The molecule has 0 fully saturated rings. The standard InChI is InChI=1S/C16H22O2/c1-3-4-6-11-16(18-14(2)17)13-12-15-9-7-5-8-10-15/h5,7-10,12-13,16H,3-4,6,11H2,1-2H3. The molecule has 0 radical (unpaired) electrons. The highest BCUT2D eigenvalue weighted by atomic mass is 16.5. The molecule has 0 N–H and O–H groups in total. The molecule has 1 unspecified atom stereocenters. The molecule has 0 heterocycles. The van der Waals surface area contributed by atoms with Gasteiger partial charge in [-0.1, -0.05) is 56.2 Å². The largest absolute Gasteiger partial charge is 0.458 e. The third-order valence-electron chi connectivity index (χ3n) is 2.71. The van der Waals surface area contributed by atoms with Gasteiger partial charge in [0.05, 0.1) is 0 Å². The number of ether oxygens (including phenoxy) is 1.